The van der Waals surface area contributed by atoms with Gasteiger partial charge in [-0.15, -0.1) is 0 Å². The lowest BCUT2D eigenvalue weighted by molar-refractivity contribution is 0.105. The lowest BCUT2D eigenvalue weighted by Gasteiger charge is -2.46. The number of para-hydroxylation sites is 1. The van der Waals surface area contributed by atoms with Crippen LogP contribution in [-0.4, -0.2) is 54.2 Å². The van der Waals surface area contributed by atoms with E-state index in [-0.39, 0.29) is 11.4 Å². The number of nitrogens with zero attached hydrogens (tertiary/aromatic N) is 2. The van der Waals surface area contributed by atoms with E-state index in [2.05, 4.69) is 16.7 Å². The summed E-state index contributed by atoms with van der Waals surface area (Å²) in [5.74, 6) is 1.01. The van der Waals surface area contributed by atoms with Gasteiger partial charge in [-0.25, -0.2) is 4.39 Å². The minimum atomic E-state index is -0.121. The summed E-state index contributed by atoms with van der Waals surface area (Å²) in [4.78, 5) is 4.70. The fourth-order valence-corrected chi connectivity index (χ4v) is 5.01. The molecule has 3 rings (SSSR count). The summed E-state index contributed by atoms with van der Waals surface area (Å²) in [6.07, 6.45) is 1.17. The zero-order valence-corrected chi connectivity index (χ0v) is 13.4. The van der Waals surface area contributed by atoms with Crippen molar-refractivity contribution in [1.29, 1.82) is 0 Å². The Hall–Kier alpha value is -0.780. The Morgan fingerprint density at radius 3 is 2.57 bits per heavy atom. The molecule has 1 aromatic carbocycles. The van der Waals surface area contributed by atoms with E-state index in [1.165, 1.54) is 6.42 Å². The molecule has 0 aromatic heterocycles. The van der Waals surface area contributed by atoms with Crippen LogP contribution in [-0.2, 0) is 0 Å². The Kier molecular flexibility index (Phi) is 4.43. The third kappa shape index (κ3) is 2.91. The molecule has 21 heavy (non-hydrogen) atoms. The molecular weight excluding hydrogens is 285 g/mol. The first-order chi connectivity index (χ1) is 10.1. The van der Waals surface area contributed by atoms with Gasteiger partial charge >= 0.3 is 0 Å². The van der Waals surface area contributed by atoms with E-state index in [0.717, 1.165) is 44.2 Å². The molecule has 116 valence electrons. The fourth-order valence-electron chi connectivity index (χ4n) is 3.57. The molecule has 2 heterocycles. The molecule has 2 aliphatic rings. The second-order valence-corrected chi connectivity index (χ2v) is 7.61. The number of anilines is 1. The number of rotatable bonds is 3. The van der Waals surface area contributed by atoms with Gasteiger partial charge in [0, 0.05) is 49.3 Å². The van der Waals surface area contributed by atoms with Crippen molar-refractivity contribution in [2.24, 2.45) is 5.73 Å². The minimum absolute atomic E-state index is 0.121. The zero-order valence-electron chi connectivity index (χ0n) is 12.6. The highest BCUT2D eigenvalue weighted by atomic mass is 32.2. The highest BCUT2D eigenvalue weighted by Crippen LogP contribution is 2.38. The third-order valence-electron chi connectivity index (χ3n) is 4.83. The maximum absolute atomic E-state index is 13.9. The Morgan fingerprint density at radius 1 is 1.29 bits per heavy atom. The molecule has 0 aliphatic carbocycles. The average molecular weight is 309 g/mol. The monoisotopic (exact) mass is 309 g/mol. The van der Waals surface area contributed by atoms with Crippen LogP contribution in [0.5, 0.6) is 0 Å². The van der Waals surface area contributed by atoms with Crippen molar-refractivity contribution >= 4 is 17.4 Å². The Morgan fingerprint density at radius 2 is 2.00 bits per heavy atom. The molecule has 0 radical (unpaired) electrons. The molecule has 0 saturated carbocycles. The van der Waals surface area contributed by atoms with Crippen molar-refractivity contribution in [3.05, 3.63) is 30.1 Å². The molecule has 2 N–H and O–H groups in total. The van der Waals surface area contributed by atoms with Crippen molar-refractivity contribution in [2.45, 2.75) is 24.1 Å². The van der Waals surface area contributed by atoms with Crippen molar-refractivity contribution in [3.8, 4) is 0 Å². The molecule has 0 spiro atoms. The molecular formula is C16H24FN3S. The van der Waals surface area contributed by atoms with Gasteiger partial charge in [0.05, 0.1) is 5.69 Å². The quantitative estimate of drug-likeness (QED) is 0.927. The van der Waals surface area contributed by atoms with Gasteiger partial charge in [0.1, 0.15) is 5.82 Å². The Bertz CT molecular complexity index is 490. The zero-order chi connectivity index (χ0) is 14.9. The number of piperazine rings is 1. The van der Waals surface area contributed by atoms with Crippen LogP contribution in [0.15, 0.2) is 24.3 Å². The first-order valence-corrected chi connectivity index (χ1v) is 8.76. The van der Waals surface area contributed by atoms with Gasteiger partial charge in [-0.3, -0.25) is 4.90 Å². The Balaban J connectivity index is 1.66. The van der Waals surface area contributed by atoms with Gasteiger partial charge in [-0.2, -0.15) is 11.8 Å². The topological polar surface area (TPSA) is 32.5 Å². The van der Waals surface area contributed by atoms with Crippen LogP contribution in [0.1, 0.15) is 13.3 Å². The summed E-state index contributed by atoms with van der Waals surface area (Å²) in [6, 6.07) is 7.06. The number of nitrogens with two attached hydrogens (primary N) is 1. The maximum Gasteiger partial charge on any atom is 0.146 e. The average Bonchev–Trinajstić information content (AvgIpc) is 2.91. The van der Waals surface area contributed by atoms with E-state index >= 15 is 0 Å². The third-order valence-corrected chi connectivity index (χ3v) is 6.27. The van der Waals surface area contributed by atoms with Crippen molar-refractivity contribution < 1.29 is 4.39 Å². The fraction of sp³-hybridized carbons (Fsp3) is 0.625. The second-order valence-electron chi connectivity index (χ2n) is 6.18. The van der Waals surface area contributed by atoms with Crippen LogP contribution >= 0.6 is 11.8 Å². The summed E-state index contributed by atoms with van der Waals surface area (Å²) in [5, 5.41) is 0.693. The van der Waals surface area contributed by atoms with Gasteiger partial charge in [0.2, 0.25) is 0 Å². The summed E-state index contributed by atoms with van der Waals surface area (Å²) in [7, 11) is 0. The van der Waals surface area contributed by atoms with Gasteiger partial charge in [-0.05, 0) is 18.6 Å². The van der Waals surface area contributed by atoms with Crippen LogP contribution in [0.2, 0.25) is 0 Å². The number of benzene rings is 1. The number of hydrogen-bond acceptors (Lipinski definition) is 4. The number of hydrogen-bond donors (Lipinski definition) is 1. The predicted molar refractivity (Wildman–Crippen MR) is 88.5 cm³/mol. The largest absolute Gasteiger partial charge is 0.367 e. The normalized spacial score (nSPS) is 30.8. The van der Waals surface area contributed by atoms with E-state index in [1.54, 1.807) is 12.1 Å². The molecule has 0 amide bonds. The van der Waals surface area contributed by atoms with Crippen LogP contribution in [0.25, 0.3) is 0 Å². The van der Waals surface area contributed by atoms with Crippen molar-refractivity contribution in [2.75, 3.05) is 43.4 Å². The molecule has 2 fully saturated rings. The summed E-state index contributed by atoms with van der Waals surface area (Å²) in [6.45, 7) is 6.71. The van der Waals surface area contributed by atoms with E-state index in [9.17, 15) is 4.39 Å². The first kappa shape index (κ1) is 15.1. The minimum Gasteiger partial charge on any atom is -0.367 e. The summed E-state index contributed by atoms with van der Waals surface area (Å²) >= 11 is 2.03. The van der Waals surface area contributed by atoms with E-state index < -0.39 is 0 Å². The van der Waals surface area contributed by atoms with Crippen LogP contribution < -0.4 is 10.6 Å². The van der Waals surface area contributed by atoms with Gasteiger partial charge in [0.15, 0.2) is 0 Å². The SMILES string of the molecule is CC1CC(CN)(N2CCN(c3ccccc3F)CC2)CS1. The van der Waals surface area contributed by atoms with Crippen LogP contribution in [0.4, 0.5) is 10.1 Å². The molecule has 0 bridgehead atoms. The number of halogens is 1. The maximum atomic E-state index is 13.9. The lowest BCUT2D eigenvalue weighted by atomic mass is 9.93. The molecule has 1 aromatic rings. The lowest BCUT2D eigenvalue weighted by Crippen LogP contribution is -2.60. The second kappa shape index (κ2) is 6.15. The number of thioether (sulfide) groups is 1. The van der Waals surface area contributed by atoms with Gasteiger partial charge < -0.3 is 10.6 Å². The molecule has 2 atom stereocenters. The smallest absolute Gasteiger partial charge is 0.146 e. The Labute approximate surface area is 130 Å². The van der Waals surface area contributed by atoms with Crippen LogP contribution in [0.3, 0.4) is 0 Å². The van der Waals surface area contributed by atoms with E-state index in [0.29, 0.717) is 5.25 Å². The molecule has 2 aliphatic heterocycles. The molecule has 2 unspecified atom stereocenters. The molecule has 5 heteroatoms. The summed E-state index contributed by atoms with van der Waals surface area (Å²) < 4.78 is 13.9. The van der Waals surface area contributed by atoms with E-state index in [1.807, 2.05) is 23.9 Å². The van der Waals surface area contributed by atoms with Crippen molar-refractivity contribution in [1.82, 2.24) is 4.90 Å². The van der Waals surface area contributed by atoms with Gasteiger partial charge in [0.25, 0.3) is 0 Å². The van der Waals surface area contributed by atoms with Crippen molar-refractivity contribution in [3.63, 3.8) is 0 Å². The molecule has 2 saturated heterocycles. The predicted octanol–water partition coefficient (Wildman–Crippen LogP) is 2.17. The highest BCUT2D eigenvalue weighted by molar-refractivity contribution is 8.00. The standard InChI is InChI=1S/C16H24FN3S/c1-13-10-16(11-18,12-21-13)20-8-6-19(7-9-20)15-5-3-2-4-14(15)17/h2-5,13H,6-12,18H2,1H3. The summed E-state index contributed by atoms with van der Waals surface area (Å²) in [5.41, 5.74) is 6.99. The molecule has 3 nitrogen and oxygen atoms in total. The van der Waals surface area contributed by atoms with E-state index in [4.69, 9.17) is 5.73 Å². The first-order valence-electron chi connectivity index (χ1n) is 7.71. The van der Waals surface area contributed by atoms with Crippen LogP contribution in [0, 0.1) is 5.82 Å². The highest BCUT2D eigenvalue weighted by Gasteiger charge is 2.42. The van der Waals surface area contributed by atoms with Gasteiger partial charge in [-0.1, -0.05) is 19.1 Å².